The summed E-state index contributed by atoms with van der Waals surface area (Å²) in [4.78, 5) is 0. The highest BCUT2D eigenvalue weighted by Gasteiger charge is 2.36. The van der Waals surface area contributed by atoms with E-state index in [1.54, 1.807) is 0 Å². The Labute approximate surface area is 92.4 Å². The zero-order chi connectivity index (χ0) is 12.7. The fourth-order valence-corrected chi connectivity index (χ4v) is 1.62. The maximum Gasteiger partial charge on any atom is 0.200 e. The molecule has 0 bridgehead atoms. The summed E-state index contributed by atoms with van der Waals surface area (Å²) in [5.41, 5.74) is -1.38. The van der Waals surface area contributed by atoms with Crippen LogP contribution >= 0.6 is 0 Å². The second-order valence-corrected chi connectivity index (χ2v) is 3.80. The molecule has 1 N–H and O–H groups in total. The van der Waals surface area contributed by atoms with Crippen molar-refractivity contribution < 1.29 is 26.3 Å². The maximum atomic E-state index is 13.6. The van der Waals surface area contributed by atoms with Gasteiger partial charge in [-0.3, -0.25) is 0 Å². The lowest BCUT2D eigenvalue weighted by atomic mass is 9.91. The molecule has 1 heterocycles. The van der Waals surface area contributed by atoms with Crippen molar-refractivity contribution in [3.63, 3.8) is 0 Å². The zero-order valence-electron chi connectivity index (χ0n) is 8.34. The van der Waals surface area contributed by atoms with Crippen LogP contribution in [0.5, 0.6) is 0 Å². The second-order valence-electron chi connectivity index (χ2n) is 3.80. The molecule has 1 aliphatic rings. The topological polar surface area (TPSA) is 12.0 Å². The molecule has 0 aliphatic carbocycles. The molecule has 0 radical (unpaired) electrons. The van der Waals surface area contributed by atoms with Gasteiger partial charge < -0.3 is 5.32 Å². The van der Waals surface area contributed by atoms with Crippen molar-refractivity contribution in [1.29, 1.82) is 0 Å². The first-order chi connectivity index (χ1) is 7.95. The Kier molecular flexibility index (Phi) is 3.03. The second kappa shape index (κ2) is 4.21. The lowest BCUT2D eigenvalue weighted by Crippen LogP contribution is -2.44. The molecule has 1 aliphatic heterocycles. The van der Waals surface area contributed by atoms with Crippen LogP contribution < -0.4 is 5.32 Å². The van der Waals surface area contributed by atoms with Crippen molar-refractivity contribution in [1.82, 2.24) is 5.32 Å². The monoisotopic (exact) mass is 255 g/mol. The number of halogens is 6. The largest absolute Gasteiger partial charge is 0.316 e. The van der Waals surface area contributed by atoms with Crippen LogP contribution in [0.2, 0.25) is 0 Å². The predicted octanol–water partition coefficient (Wildman–Crippen LogP) is 2.61. The van der Waals surface area contributed by atoms with Crippen molar-refractivity contribution in [2.75, 3.05) is 13.1 Å². The number of rotatable bonds is 2. The van der Waals surface area contributed by atoms with E-state index in [0.29, 0.717) is 0 Å². The first kappa shape index (κ1) is 12.2. The number of benzene rings is 1. The fourth-order valence-electron chi connectivity index (χ4n) is 1.62. The quantitative estimate of drug-likeness (QED) is 0.486. The summed E-state index contributed by atoms with van der Waals surface area (Å²) in [6.45, 7) is 0.279. The Morgan fingerprint density at radius 3 is 1.59 bits per heavy atom. The first-order valence-electron chi connectivity index (χ1n) is 4.81. The van der Waals surface area contributed by atoms with Crippen LogP contribution in [0.1, 0.15) is 11.7 Å². The van der Waals surface area contributed by atoms with E-state index in [2.05, 4.69) is 5.32 Å². The Hall–Kier alpha value is -1.24. The third-order valence-electron chi connectivity index (χ3n) is 2.75. The molecule has 2 rings (SSSR count). The SMILES string of the molecule is Fc1c(F)c(F)c(C(F)C2CNC2)c(F)c1F. The first-order valence-corrected chi connectivity index (χ1v) is 4.81. The van der Waals surface area contributed by atoms with Gasteiger partial charge >= 0.3 is 0 Å². The normalized spacial score (nSPS) is 18.0. The van der Waals surface area contributed by atoms with Gasteiger partial charge in [0.05, 0.1) is 5.56 Å². The van der Waals surface area contributed by atoms with Crippen molar-refractivity contribution in [3.05, 3.63) is 34.6 Å². The van der Waals surface area contributed by atoms with E-state index in [9.17, 15) is 26.3 Å². The van der Waals surface area contributed by atoms with Gasteiger partial charge in [0.1, 0.15) is 6.17 Å². The highest BCUT2D eigenvalue weighted by atomic mass is 19.2. The van der Waals surface area contributed by atoms with Crippen LogP contribution in [0.15, 0.2) is 0 Å². The molecule has 1 unspecified atom stereocenters. The van der Waals surface area contributed by atoms with Gasteiger partial charge in [0.25, 0.3) is 0 Å². The Bertz CT molecular complexity index is 428. The molecular weight excluding hydrogens is 248 g/mol. The smallest absolute Gasteiger partial charge is 0.200 e. The van der Waals surface area contributed by atoms with Gasteiger partial charge in [-0.1, -0.05) is 0 Å². The molecule has 7 heteroatoms. The molecule has 1 aromatic rings. The molecule has 1 saturated heterocycles. The van der Waals surface area contributed by atoms with Crippen LogP contribution in [-0.4, -0.2) is 13.1 Å². The van der Waals surface area contributed by atoms with Gasteiger partial charge in [0.15, 0.2) is 23.3 Å². The molecule has 1 fully saturated rings. The maximum absolute atomic E-state index is 13.6. The third-order valence-corrected chi connectivity index (χ3v) is 2.75. The molecule has 0 saturated carbocycles. The van der Waals surface area contributed by atoms with Crippen LogP contribution in [0, 0.1) is 35.0 Å². The van der Waals surface area contributed by atoms with E-state index in [0.717, 1.165) is 0 Å². The highest BCUT2D eigenvalue weighted by Crippen LogP contribution is 2.35. The molecule has 1 atom stereocenters. The van der Waals surface area contributed by atoms with Gasteiger partial charge in [-0.2, -0.15) is 0 Å². The summed E-state index contributed by atoms with van der Waals surface area (Å²) in [6, 6.07) is 0. The molecule has 0 aromatic heterocycles. The van der Waals surface area contributed by atoms with Gasteiger partial charge in [-0.25, -0.2) is 26.3 Å². The van der Waals surface area contributed by atoms with Crippen molar-refractivity contribution >= 4 is 0 Å². The molecule has 1 aromatic carbocycles. The van der Waals surface area contributed by atoms with Crippen LogP contribution in [0.4, 0.5) is 26.3 Å². The highest BCUT2D eigenvalue weighted by molar-refractivity contribution is 5.27. The van der Waals surface area contributed by atoms with E-state index >= 15 is 0 Å². The molecule has 0 spiro atoms. The molecule has 1 nitrogen and oxygen atoms in total. The van der Waals surface area contributed by atoms with E-state index < -0.39 is 46.7 Å². The minimum absolute atomic E-state index is 0.140. The van der Waals surface area contributed by atoms with E-state index in [-0.39, 0.29) is 13.1 Å². The minimum Gasteiger partial charge on any atom is -0.316 e. The molecule has 17 heavy (non-hydrogen) atoms. The lowest BCUT2D eigenvalue weighted by Gasteiger charge is -2.30. The van der Waals surface area contributed by atoms with E-state index in [4.69, 9.17) is 0 Å². The molecular formula is C10H7F6N. The summed E-state index contributed by atoms with van der Waals surface area (Å²) in [5, 5.41) is 2.64. The van der Waals surface area contributed by atoms with E-state index in [1.807, 2.05) is 0 Å². The fraction of sp³-hybridized carbons (Fsp3) is 0.400. The molecule has 94 valence electrons. The number of nitrogens with one attached hydrogen (secondary N) is 1. The van der Waals surface area contributed by atoms with Crippen molar-refractivity contribution in [3.8, 4) is 0 Å². The Morgan fingerprint density at radius 2 is 1.24 bits per heavy atom. The van der Waals surface area contributed by atoms with Crippen LogP contribution in [0.3, 0.4) is 0 Å². The Morgan fingerprint density at radius 1 is 0.824 bits per heavy atom. The predicted molar refractivity (Wildman–Crippen MR) is 46.4 cm³/mol. The van der Waals surface area contributed by atoms with Crippen molar-refractivity contribution in [2.45, 2.75) is 6.17 Å². The van der Waals surface area contributed by atoms with Gasteiger partial charge in [-0.05, 0) is 0 Å². The molecule has 0 amide bonds. The van der Waals surface area contributed by atoms with Gasteiger partial charge in [0, 0.05) is 19.0 Å². The third kappa shape index (κ3) is 1.78. The number of alkyl halides is 1. The lowest BCUT2D eigenvalue weighted by molar-refractivity contribution is 0.159. The standard InChI is InChI=1S/C10H7F6N/c11-5(3-1-17-2-3)4-6(12)8(14)10(16)9(15)7(4)13/h3,5,17H,1-2H2. The van der Waals surface area contributed by atoms with Crippen LogP contribution in [0.25, 0.3) is 0 Å². The average Bonchev–Trinajstić information content (AvgIpc) is 2.21. The average molecular weight is 255 g/mol. The Balaban J connectivity index is 2.52. The summed E-state index contributed by atoms with van der Waals surface area (Å²) in [5.74, 6) is -11.5. The van der Waals surface area contributed by atoms with Gasteiger partial charge in [-0.15, -0.1) is 0 Å². The summed E-state index contributed by atoms with van der Waals surface area (Å²) < 4.78 is 78.3. The summed E-state index contributed by atoms with van der Waals surface area (Å²) in [6.07, 6.45) is -2.21. The zero-order valence-corrected chi connectivity index (χ0v) is 8.34. The summed E-state index contributed by atoms with van der Waals surface area (Å²) in [7, 11) is 0. The number of hydrogen-bond donors (Lipinski definition) is 1. The minimum atomic E-state index is -2.28. The van der Waals surface area contributed by atoms with E-state index in [1.165, 1.54) is 0 Å². The van der Waals surface area contributed by atoms with Gasteiger partial charge in [0.2, 0.25) is 5.82 Å². The van der Waals surface area contributed by atoms with Crippen LogP contribution in [-0.2, 0) is 0 Å². The summed E-state index contributed by atoms with van der Waals surface area (Å²) >= 11 is 0. The number of hydrogen-bond acceptors (Lipinski definition) is 1. The van der Waals surface area contributed by atoms with Crippen molar-refractivity contribution in [2.24, 2.45) is 5.92 Å².